The van der Waals surface area contributed by atoms with Crippen LogP contribution in [0.15, 0.2) is 47.5 Å². The van der Waals surface area contributed by atoms with Crippen molar-refractivity contribution in [2.75, 3.05) is 29.0 Å². The number of amides is 1. The zero-order valence-electron chi connectivity index (χ0n) is 19.7. The van der Waals surface area contributed by atoms with Crippen LogP contribution >= 0.6 is 0 Å². The zero-order valence-corrected chi connectivity index (χ0v) is 19.7. The molecule has 0 aromatic carbocycles. The molecule has 9 N–H and O–H groups in total. The van der Waals surface area contributed by atoms with Crippen LogP contribution < -0.4 is 32.7 Å². The lowest BCUT2D eigenvalue weighted by molar-refractivity contribution is -0.637. The largest absolute Gasteiger partial charge is 0.438 e. The number of nitrogens with two attached hydrogens (primary N) is 4. The van der Waals surface area contributed by atoms with Gasteiger partial charge in [-0.25, -0.2) is 0 Å². The van der Waals surface area contributed by atoms with Crippen molar-refractivity contribution in [2.24, 2.45) is 17.4 Å². The van der Waals surface area contributed by atoms with Crippen molar-refractivity contribution >= 4 is 34.3 Å². The average molecular weight is 466 g/mol. The Balaban J connectivity index is 1.59. The van der Waals surface area contributed by atoms with Crippen molar-refractivity contribution in [2.45, 2.75) is 38.8 Å². The van der Waals surface area contributed by atoms with Gasteiger partial charge in [0, 0.05) is 37.6 Å². The number of piperidine rings is 1. The summed E-state index contributed by atoms with van der Waals surface area (Å²) in [6.45, 7) is 7.69. The standard InChI is InChI=1S/C24H32N8O2/c1-13(2)15-8-19-22(30-9-15)20(23(27)34-19)24(33)31-17-10-28-6-4-18(17)32-11-14(3)21(16(26)12-32)29-7-5-25/h4-10,13-14,16,21,29H,11-12,25-27H2,1-3H3,(H,31,33)/p+1/b7-5-/t14?,16?,21-/m0/s1. The molecule has 10 heteroatoms. The van der Waals surface area contributed by atoms with Gasteiger partial charge in [-0.1, -0.05) is 20.8 Å². The molecule has 1 saturated heterocycles. The third-order valence-corrected chi connectivity index (χ3v) is 6.39. The molecule has 1 fully saturated rings. The molecular formula is C24H33N8O2+. The van der Waals surface area contributed by atoms with Gasteiger partial charge in [0.15, 0.2) is 5.58 Å². The van der Waals surface area contributed by atoms with E-state index in [2.05, 4.69) is 46.3 Å². The van der Waals surface area contributed by atoms with Crippen LogP contribution in [0.5, 0.6) is 0 Å². The number of quaternary nitrogens is 1. The summed E-state index contributed by atoms with van der Waals surface area (Å²) < 4.78 is 5.66. The number of furan rings is 1. The van der Waals surface area contributed by atoms with Crippen molar-refractivity contribution in [3.63, 3.8) is 0 Å². The number of carbonyl (C=O) groups excluding carboxylic acids is 1. The van der Waals surface area contributed by atoms with Crippen molar-refractivity contribution in [3.8, 4) is 0 Å². The molecule has 0 aliphatic carbocycles. The van der Waals surface area contributed by atoms with Gasteiger partial charge in [-0.15, -0.1) is 0 Å². The van der Waals surface area contributed by atoms with E-state index in [0.717, 1.165) is 17.8 Å². The third-order valence-electron chi connectivity index (χ3n) is 6.39. The summed E-state index contributed by atoms with van der Waals surface area (Å²) in [5.41, 5.74) is 21.6. The van der Waals surface area contributed by atoms with Crippen molar-refractivity contribution in [1.29, 1.82) is 0 Å². The number of rotatable bonds is 6. The fourth-order valence-electron chi connectivity index (χ4n) is 4.55. The first-order valence-corrected chi connectivity index (χ1v) is 11.5. The quantitative estimate of drug-likeness (QED) is 0.363. The van der Waals surface area contributed by atoms with Crippen molar-refractivity contribution in [3.05, 3.63) is 54.3 Å². The Morgan fingerprint density at radius 3 is 2.85 bits per heavy atom. The van der Waals surface area contributed by atoms with Gasteiger partial charge in [0.05, 0.1) is 23.6 Å². The minimum Gasteiger partial charge on any atom is -0.438 e. The van der Waals surface area contributed by atoms with Crippen molar-refractivity contribution in [1.82, 2.24) is 9.97 Å². The monoisotopic (exact) mass is 465 g/mol. The fraction of sp³-hybridized carbons (Fsp3) is 0.375. The molecule has 1 aliphatic heterocycles. The summed E-state index contributed by atoms with van der Waals surface area (Å²) in [6.07, 6.45) is 8.44. The number of nitrogen functional groups attached to an aromatic ring is 1. The molecule has 3 aromatic rings. The molecule has 1 aliphatic rings. The minimum absolute atomic E-state index is 0.0336. The Labute approximate surface area is 198 Å². The number of hydrogen-bond acceptors (Lipinski definition) is 8. The first kappa shape index (κ1) is 23.5. The predicted molar refractivity (Wildman–Crippen MR) is 133 cm³/mol. The molecule has 4 heterocycles. The Morgan fingerprint density at radius 1 is 1.35 bits per heavy atom. The van der Waals surface area contributed by atoms with E-state index in [9.17, 15) is 4.79 Å². The summed E-state index contributed by atoms with van der Waals surface area (Å²) in [4.78, 5) is 24.1. The van der Waals surface area contributed by atoms with Gasteiger partial charge in [-0.3, -0.25) is 14.8 Å². The van der Waals surface area contributed by atoms with E-state index in [1.54, 1.807) is 18.6 Å². The number of pyridine rings is 2. The van der Waals surface area contributed by atoms with E-state index in [1.807, 2.05) is 18.3 Å². The first-order chi connectivity index (χ1) is 16.3. The zero-order chi connectivity index (χ0) is 24.4. The Bertz CT molecular complexity index is 1190. The predicted octanol–water partition coefficient (Wildman–Crippen LogP) is 1.33. The average Bonchev–Trinajstić information content (AvgIpc) is 3.13. The van der Waals surface area contributed by atoms with Gasteiger partial charge in [0.2, 0.25) is 5.88 Å². The van der Waals surface area contributed by atoms with Crippen molar-refractivity contribution < 1.29 is 14.5 Å². The Morgan fingerprint density at radius 2 is 2.15 bits per heavy atom. The van der Waals surface area contributed by atoms with Crippen LogP contribution in [0.4, 0.5) is 17.3 Å². The highest BCUT2D eigenvalue weighted by Gasteiger charge is 2.35. The van der Waals surface area contributed by atoms with E-state index < -0.39 is 5.91 Å². The third kappa shape index (κ3) is 4.55. The molecule has 3 atom stereocenters. The highest BCUT2D eigenvalue weighted by molar-refractivity contribution is 6.15. The number of fused-ring (bicyclic) bond motifs is 1. The summed E-state index contributed by atoms with van der Waals surface area (Å²) in [5, 5.41) is 5.02. The van der Waals surface area contributed by atoms with Crippen LogP contribution in [0.3, 0.4) is 0 Å². The van der Waals surface area contributed by atoms with E-state index >= 15 is 0 Å². The molecule has 0 spiro atoms. The van der Waals surface area contributed by atoms with Gasteiger partial charge in [0.25, 0.3) is 5.91 Å². The van der Waals surface area contributed by atoms with Gasteiger partial charge in [-0.05, 0) is 23.6 Å². The second kappa shape index (κ2) is 9.70. The molecule has 0 radical (unpaired) electrons. The van der Waals surface area contributed by atoms with Gasteiger partial charge < -0.3 is 37.2 Å². The highest BCUT2D eigenvalue weighted by atomic mass is 16.3. The lowest BCUT2D eigenvalue weighted by Gasteiger charge is -2.40. The number of anilines is 3. The second-order valence-electron chi connectivity index (χ2n) is 9.16. The van der Waals surface area contributed by atoms with E-state index in [-0.39, 0.29) is 29.4 Å². The molecule has 10 nitrogen and oxygen atoms in total. The molecule has 0 bridgehead atoms. The number of carbonyl (C=O) groups is 1. The lowest BCUT2D eigenvalue weighted by Crippen LogP contribution is -2.92. The van der Waals surface area contributed by atoms with Gasteiger partial charge in [0.1, 0.15) is 23.3 Å². The molecule has 2 unspecified atom stereocenters. The molecule has 0 saturated carbocycles. The van der Waals surface area contributed by atoms with Gasteiger partial charge >= 0.3 is 0 Å². The van der Waals surface area contributed by atoms with E-state index in [1.165, 1.54) is 6.20 Å². The SMILES string of the molecule is CC(C)c1cnc2c(C(=O)Nc3cnccc3N3CC(C)[C@H]([NH2+]/C=C\N)C(N)C3)c(N)oc2c1. The van der Waals surface area contributed by atoms with Crippen LogP contribution in [-0.4, -0.2) is 41.0 Å². The summed E-state index contributed by atoms with van der Waals surface area (Å²) in [7, 11) is 0. The van der Waals surface area contributed by atoms with Crippen LogP contribution in [0.1, 0.15) is 42.6 Å². The first-order valence-electron chi connectivity index (χ1n) is 11.5. The molecular weight excluding hydrogens is 432 g/mol. The second-order valence-corrected chi connectivity index (χ2v) is 9.16. The molecule has 180 valence electrons. The maximum absolute atomic E-state index is 13.3. The fourth-order valence-corrected chi connectivity index (χ4v) is 4.55. The Hall–Kier alpha value is -3.63. The van der Waals surface area contributed by atoms with Crippen LogP contribution in [-0.2, 0) is 0 Å². The Kier molecular flexibility index (Phi) is 6.71. The number of hydrogen-bond donors (Lipinski definition) is 5. The molecule has 34 heavy (non-hydrogen) atoms. The summed E-state index contributed by atoms with van der Waals surface area (Å²) in [6, 6.07) is 3.89. The van der Waals surface area contributed by atoms with Crippen LogP contribution in [0, 0.1) is 5.92 Å². The van der Waals surface area contributed by atoms with E-state index in [0.29, 0.717) is 29.2 Å². The highest BCUT2D eigenvalue weighted by Crippen LogP contribution is 2.32. The number of aromatic nitrogens is 2. The van der Waals surface area contributed by atoms with E-state index in [4.69, 9.17) is 21.6 Å². The normalized spacial score (nSPS) is 21.0. The molecule has 3 aromatic heterocycles. The molecule has 1 amide bonds. The number of nitrogens with zero attached hydrogens (tertiary/aromatic N) is 3. The summed E-state index contributed by atoms with van der Waals surface area (Å²) in [5.74, 6) is 0.208. The maximum Gasteiger partial charge on any atom is 0.263 e. The van der Waals surface area contributed by atoms with Crippen LogP contribution in [0.2, 0.25) is 0 Å². The minimum atomic E-state index is -0.399. The van der Waals surface area contributed by atoms with Crippen LogP contribution in [0.25, 0.3) is 11.1 Å². The smallest absolute Gasteiger partial charge is 0.263 e. The summed E-state index contributed by atoms with van der Waals surface area (Å²) >= 11 is 0. The number of nitrogens with one attached hydrogen (secondary N) is 1. The van der Waals surface area contributed by atoms with Gasteiger partial charge in [-0.2, -0.15) is 0 Å². The molecule has 4 rings (SSSR count). The topological polar surface area (TPSA) is 166 Å². The maximum atomic E-state index is 13.3. The lowest BCUT2D eigenvalue weighted by atomic mass is 9.90.